The number of nitrogens with zero attached hydrogens (tertiary/aromatic N) is 3. The first-order chi connectivity index (χ1) is 9.99. The topological polar surface area (TPSA) is 85.8 Å². The number of carbonyl (C=O) groups excluding carboxylic acids is 1. The summed E-state index contributed by atoms with van der Waals surface area (Å²) in [4.78, 5) is 11.9. The lowest BCUT2D eigenvalue weighted by Crippen LogP contribution is -2.19. The number of aromatic nitrogens is 3. The second-order valence-electron chi connectivity index (χ2n) is 4.53. The van der Waals surface area contributed by atoms with Crippen LogP contribution >= 0.6 is 15.9 Å². The van der Waals surface area contributed by atoms with Gasteiger partial charge in [0.2, 0.25) is 5.91 Å². The number of rotatable bonds is 5. The molecule has 112 valence electrons. The molecule has 1 atom stereocenters. The molecule has 21 heavy (non-hydrogen) atoms. The van der Waals surface area contributed by atoms with Gasteiger partial charge in [-0.2, -0.15) is 0 Å². The summed E-state index contributed by atoms with van der Waals surface area (Å²) in [5.41, 5.74) is 6.57. The van der Waals surface area contributed by atoms with Crippen LogP contribution < -0.4 is 11.1 Å². The van der Waals surface area contributed by atoms with Crippen molar-refractivity contribution < 1.29 is 9.18 Å². The van der Waals surface area contributed by atoms with Crippen LogP contribution in [0.3, 0.4) is 0 Å². The van der Waals surface area contributed by atoms with Crippen molar-refractivity contribution in [2.75, 3.05) is 5.32 Å². The molecule has 1 unspecified atom stereocenters. The number of amides is 1. The van der Waals surface area contributed by atoms with E-state index in [1.807, 2.05) is 6.92 Å². The Morgan fingerprint density at radius 1 is 1.57 bits per heavy atom. The quantitative estimate of drug-likeness (QED) is 0.860. The van der Waals surface area contributed by atoms with Gasteiger partial charge in [-0.15, -0.1) is 5.10 Å². The largest absolute Gasteiger partial charge is 0.323 e. The van der Waals surface area contributed by atoms with Gasteiger partial charge in [0.1, 0.15) is 12.4 Å². The first-order valence-electron chi connectivity index (χ1n) is 6.40. The Morgan fingerprint density at radius 3 is 3.00 bits per heavy atom. The molecule has 0 aliphatic heterocycles. The van der Waals surface area contributed by atoms with Gasteiger partial charge in [0, 0.05) is 4.47 Å². The first kappa shape index (κ1) is 15.6. The van der Waals surface area contributed by atoms with E-state index in [0.717, 1.165) is 6.42 Å². The Morgan fingerprint density at radius 2 is 2.33 bits per heavy atom. The average Bonchev–Trinajstić information content (AvgIpc) is 2.89. The van der Waals surface area contributed by atoms with Crippen LogP contribution in [-0.4, -0.2) is 20.9 Å². The second kappa shape index (κ2) is 6.77. The number of anilines is 1. The standard InChI is InChI=1S/C13H15BrFN5O/c1-2-10(16)12-6-20(19-18-12)7-13(21)17-11-4-3-8(14)5-9(11)15/h3-6,10H,2,7,16H2,1H3,(H,17,21). The van der Waals surface area contributed by atoms with Crippen molar-refractivity contribution in [3.05, 3.63) is 40.4 Å². The Labute approximate surface area is 129 Å². The maximum Gasteiger partial charge on any atom is 0.246 e. The Balaban J connectivity index is 2.00. The van der Waals surface area contributed by atoms with Crippen LogP contribution in [0.5, 0.6) is 0 Å². The van der Waals surface area contributed by atoms with Crippen molar-refractivity contribution in [3.8, 4) is 0 Å². The van der Waals surface area contributed by atoms with Crippen LogP contribution in [0.2, 0.25) is 0 Å². The zero-order valence-electron chi connectivity index (χ0n) is 11.4. The SMILES string of the molecule is CCC(N)c1cn(CC(=O)Nc2ccc(Br)cc2F)nn1. The van der Waals surface area contributed by atoms with E-state index < -0.39 is 11.7 Å². The van der Waals surface area contributed by atoms with E-state index in [0.29, 0.717) is 10.2 Å². The molecular weight excluding hydrogens is 341 g/mol. The fourth-order valence-electron chi connectivity index (χ4n) is 1.70. The summed E-state index contributed by atoms with van der Waals surface area (Å²) in [7, 11) is 0. The minimum Gasteiger partial charge on any atom is -0.323 e. The molecule has 1 aromatic heterocycles. The monoisotopic (exact) mass is 355 g/mol. The first-order valence-corrected chi connectivity index (χ1v) is 7.19. The van der Waals surface area contributed by atoms with Crippen molar-refractivity contribution >= 4 is 27.5 Å². The van der Waals surface area contributed by atoms with Crippen molar-refractivity contribution in [3.63, 3.8) is 0 Å². The summed E-state index contributed by atoms with van der Waals surface area (Å²) in [5.74, 6) is -0.900. The van der Waals surface area contributed by atoms with E-state index in [-0.39, 0.29) is 18.3 Å². The van der Waals surface area contributed by atoms with E-state index >= 15 is 0 Å². The van der Waals surface area contributed by atoms with Gasteiger partial charge in [0.05, 0.1) is 23.6 Å². The maximum absolute atomic E-state index is 13.6. The van der Waals surface area contributed by atoms with Crippen molar-refractivity contribution in [2.45, 2.75) is 25.9 Å². The van der Waals surface area contributed by atoms with E-state index in [2.05, 4.69) is 31.6 Å². The highest BCUT2D eigenvalue weighted by atomic mass is 79.9. The van der Waals surface area contributed by atoms with Crippen LogP contribution in [0, 0.1) is 5.82 Å². The highest BCUT2D eigenvalue weighted by Crippen LogP contribution is 2.19. The summed E-state index contributed by atoms with van der Waals surface area (Å²) in [6, 6.07) is 4.21. The highest BCUT2D eigenvalue weighted by molar-refractivity contribution is 9.10. The smallest absolute Gasteiger partial charge is 0.246 e. The highest BCUT2D eigenvalue weighted by Gasteiger charge is 2.12. The summed E-state index contributed by atoms with van der Waals surface area (Å²) < 4.78 is 15.6. The molecule has 1 amide bonds. The van der Waals surface area contributed by atoms with E-state index in [1.54, 1.807) is 12.3 Å². The third-order valence-corrected chi connectivity index (χ3v) is 3.38. The van der Waals surface area contributed by atoms with Gasteiger partial charge in [-0.3, -0.25) is 4.79 Å². The number of hydrogen-bond donors (Lipinski definition) is 2. The molecule has 0 bridgehead atoms. The zero-order chi connectivity index (χ0) is 15.4. The Bertz CT molecular complexity index is 645. The molecule has 0 spiro atoms. The summed E-state index contributed by atoms with van der Waals surface area (Å²) in [6.45, 7) is 1.88. The summed E-state index contributed by atoms with van der Waals surface area (Å²) in [5, 5.41) is 10.2. The predicted octanol–water partition coefficient (Wildman–Crippen LogP) is 2.23. The molecule has 3 N–H and O–H groups in total. The van der Waals surface area contributed by atoms with Gasteiger partial charge in [0.15, 0.2) is 0 Å². The number of benzene rings is 1. The van der Waals surface area contributed by atoms with Gasteiger partial charge in [-0.1, -0.05) is 28.1 Å². The van der Waals surface area contributed by atoms with Gasteiger partial charge in [0.25, 0.3) is 0 Å². The third kappa shape index (κ3) is 4.08. The van der Waals surface area contributed by atoms with Crippen molar-refractivity contribution in [1.82, 2.24) is 15.0 Å². The Kier molecular flexibility index (Phi) is 5.03. The van der Waals surface area contributed by atoms with Gasteiger partial charge < -0.3 is 11.1 Å². The molecule has 0 saturated heterocycles. The summed E-state index contributed by atoms with van der Waals surface area (Å²) in [6.07, 6.45) is 2.35. The van der Waals surface area contributed by atoms with E-state index in [4.69, 9.17) is 5.73 Å². The molecular formula is C13H15BrFN5O. The lowest BCUT2D eigenvalue weighted by molar-refractivity contribution is -0.116. The fourth-order valence-corrected chi connectivity index (χ4v) is 2.03. The molecule has 0 saturated carbocycles. The molecule has 1 aromatic carbocycles. The van der Waals surface area contributed by atoms with Crippen LogP contribution in [0.1, 0.15) is 25.1 Å². The molecule has 2 aromatic rings. The predicted molar refractivity (Wildman–Crippen MR) is 80.0 cm³/mol. The minimum atomic E-state index is -0.509. The molecule has 0 aliphatic carbocycles. The minimum absolute atomic E-state index is 0.0566. The van der Waals surface area contributed by atoms with Crippen LogP contribution in [0.4, 0.5) is 10.1 Å². The zero-order valence-corrected chi connectivity index (χ0v) is 13.0. The lowest BCUT2D eigenvalue weighted by atomic mass is 10.2. The van der Waals surface area contributed by atoms with E-state index in [1.165, 1.54) is 16.8 Å². The van der Waals surface area contributed by atoms with Gasteiger partial charge in [-0.05, 0) is 24.6 Å². The van der Waals surface area contributed by atoms with Crippen LogP contribution in [-0.2, 0) is 11.3 Å². The molecule has 1 heterocycles. The maximum atomic E-state index is 13.6. The molecule has 8 heteroatoms. The normalized spacial score (nSPS) is 12.2. The number of carbonyl (C=O) groups is 1. The lowest BCUT2D eigenvalue weighted by Gasteiger charge is -2.06. The number of nitrogens with one attached hydrogen (secondary N) is 1. The average molecular weight is 356 g/mol. The van der Waals surface area contributed by atoms with Crippen LogP contribution in [0.25, 0.3) is 0 Å². The second-order valence-corrected chi connectivity index (χ2v) is 5.44. The number of hydrogen-bond acceptors (Lipinski definition) is 4. The van der Waals surface area contributed by atoms with Gasteiger partial charge in [-0.25, -0.2) is 9.07 Å². The van der Waals surface area contributed by atoms with Crippen molar-refractivity contribution in [1.29, 1.82) is 0 Å². The Hall–Kier alpha value is -1.80. The summed E-state index contributed by atoms with van der Waals surface area (Å²) >= 11 is 3.15. The van der Waals surface area contributed by atoms with E-state index in [9.17, 15) is 9.18 Å². The van der Waals surface area contributed by atoms with Gasteiger partial charge >= 0.3 is 0 Å². The third-order valence-electron chi connectivity index (χ3n) is 2.89. The van der Waals surface area contributed by atoms with Crippen molar-refractivity contribution in [2.24, 2.45) is 5.73 Å². The van der Waals surface area contributed by atoms with Crippen LogP contribution in [0.15, 0.2) is 28.9 Å². The molecule has 0 aliphatic rings. The number of halogens is 2. The number of nitrogens with two attached hydrogens (primary N) is 1. The molecule has 6 nitrogen and oxygen atoms in total. The molecule has 2 rings (SSSR count). The molecule has 0 fully saturated rings. The fraction of sp³-hybridized carbons (Fsp3) is 0.308. The molecule has 0 radical (unpaired) electrons.